The van der Waals surface area contributed by atoms with Crippen molar-refractivity contribution in [2.24, 2.45) is 0 Å². The van der Waals surface area contributed by atoms with Crippen molar-refractivity contribution in [1.82, 2.24) is 10.8 Å². The molecule has 0 aromatic carbocycles. The maximum Gasteiger partial charge on any atom is 0.236 e. The van der Waals surface area contributed by atoms with Crippen LogP contribution in [0.1, 0.15) is 64.2 Å². The number of carbonyl (C=O) groups is 1. The van der Waals surface area contributed by atoms with Gasteiger partial charge in [-0.15, -0.1) is 0 Å². The third-order valence-corrected chi connectivity index (χ3v) is 4.01. The van der Waals surface area contributed by atoms with Crippen molar-refractivity contribution in [3.8, 4) is 0 Å². The average molecular weight is 254 g/mol. The molecule has 0 spiro atoms. The minimum Gasteiger partial charge on any atom is -0.352 e. The third kappa shape index (κ3) is 4.94. The Balaban J connectivity index is 1.56. The molecular weight excluding hydrogens is 228 g/mol. The van der Waals surface area contributed by atoms with E-state index in [1.807, 2.05) is 0 Å². The van der Waals surface area contributed by atoms with Gasteiger partial charge in [-0.3, -0.25) is 9.63 Å². The van der Waals surface area contributed by atoms with Crippen LogP contribution in [-0.4, -0.2) is 24.6 Å². The number of hydrogen-bond acceptors (Lipinski definition) is 3. The first-order chi connectivity index (χ1) is 8.84. The Morgan fingerprint density at radius 3 is 2.22 bits per heavy atom. The van der Waals surface area contributed by atoms with Crippen LogP contribution in [0.25, 0.3) is 0 Å². The Labute approximate surface area is 110 Å². The van der Waals surface area contributed by atoms with Crippen LogP contribution in [0, 0.1) is 0 Å². The van der Waals surface area contributed by atoms with Crippen LogP contribution < -0.4 is 10.8 Å². The Morgan fingerprint density at radius 2 is 1.56 bits per heavy atom. The third-order valence-electron chi connectivity index (χ3n) is 4.01. The van der Waals surface area contributed by atoms with E-state index in [9.17, 15) is 4.79 Å². The minimum absolute atomic E-state index is 0.0693. The lowest BCUT2D eigenvalue weighted by atomic mass is 10.1. The summed E-state index contributed by atoms with van der Waals surface area (Å²) in [5.74, 6) is 0.0693. The summed E-state index contributed by atoms with van der Waals surface area (Å²) in [6.45, 7) is 0.285. The summed E-state index contributed by atoms with van der Waals surface area (Å²) in [5, 5.41) is 3.10. The predicted molar refractivity (Wildman–Crippen MR) is 71.0 cm³/mol. The summed E-state index contributed by atoms with van der Waals surface area (Å²) >= 11 is 0. The first kappa shape index (κ1) is 13.8. The monoisotopic (exact) mass is 254 g/mol. The van der Waals surface area contributed by atoms with Gasteiger partial charge in [0.05, 0.1) is 12.6 Å². The van der Waals surface area contributed by atoms with Crippen LogP contribution in [-0.2, 0) is 9.63 Å². The molecule has 0 aromatic heterocycles. The summed E-state index contributed by atoms with van der Waals surface area (Å²) in [7, 11) is 0. The average Bonchev–Trinajstić information content (AvgIpc) is 2.74. The van der Waals surface area contributed by atoms with Gasteiger partial charge in [-0.1, -0.05) is 38.5 Å². The standard InChI is InChI=1S/C14H26N2O2/c17-14(11-15-18-13-9-5-6-10-13)16-12-7-3-1-2-4-8-12/h12-13,15H,1-11H2,(H,16,17). The number of hydrogen-bond donors (Lipinski definition) is 2. The molecule has 2 fully saturated rings. The van der Waals surface area contributed by atoms with Gasteiger partial charge < -0.3 is 5.32 Å². The molecular formula is C14H26N2O2. The maximum atomic E-state index is 11.7. The van der Waals surface area contributed by atoms with E-state index in [1.54, 1.807) is 0 Å². The Hall–Kier alpha value is -0.610. The molecule has 2 aliphatic carbocycles. The van der Waals surface area contributed by atoms with Gasteiger partial charge >= 0.3 is 0 Å². The second kappa shape index (κ2) is 7.74. The fourth-order valence-electron chi connectivity index (χ4n) is 2.93. The lowest BCUT2D eigenvalue weighted by Gasteiger charge is -2.17. The molecule has 2 rings (SSSR count). The van der Waals surface area contributed by atoms with E-state index in [0.29, 0.717) is 12.1 Å². The van der Waals surface area contributed by atoms with E-state index in [2.05, 4.69) is 10.8 Å². The predicted octanol–water partition coefficient (Wildman–Crippen LogP) is 2.29. The maximum absolute atomic E-state index is 11.7. The molecule has 0 heterocycles. The van der Waals surface area contributed by atoms with Gasteiger partial charge in [0.1, 0.15) is 0 Å². The fraction of sp³-hybridized carbons (Fsp3) is 0.929. The van der Waals surface area contributed by atoms with Crippen LogP contribution in [0.2, 0.25) is 0 Å². The molecule has 0 aliphatic heterocycles. The molecule has 0 radical (unpaired) electrons. The van der Waals surface area contributed by atoms with Gasteiger partial charge in [-0.05, 0) is 25.7 Å². The molecule has 2 saturated carbocycles. The molecule has 2 aliphatic rings. The van der Waals surface area contributed by atoms with E-state index >= 15 is 0 Å². The molecule has 1 amide bonds. The molecule has 18 heavy (non-hydrogen) atoms. The van der Waals surface area contributed by atoms with Gasteiger partial charge in [-0.2, -0.15) is 5.48 Å². The van der Waals surface area contributed by atoms with Gasteiger partial charge in [0.15, 0.2) is 0 Å². The van der Waals surface area contributed by atoms with Crippen molar-refractivity contribution in [2.45, 2.75) is 76.4 Å². The van der Waals surface area contributed by atoms with E-state index in [4.69, 9.17) is 4.84 Å². The van der Waals surface area contributed by atoms with Crippen molar-refractivity contribution in [1.29, 1.82) is 0 Å². The lowest BCUT2D eigenvalue weighted by molar-refractivity contribution is -0.125. The number of carbonyl (C=O) groups excluding carboxylic acids is 1. The molecule has 4 heteroatoms. The zero-order chi connectivity index (χ0) is 12.6. The van der Waals surface area contributed by atoms with Gasteiger partial charge in [-0.25, -0.2) is 0 Å². The van der Waals surface area contributed by atoms with Crippen LogP contribution in [0.15, 0.2) is 0 Å². The first-order valence-electron chi connectivity index (χ1n) is 7.52. The molecule has 104 valence electrons. The van der Waals surface area contributed by atoms with Crippen molar-refractivity contribution in [3.05, 3.63) is 0 Å². The molecule has 0 bridgehead atoms. The zero-order valence-electron chi connectivity index (χ0n) is 11.2. The fourth-order valence-corrected chi connectivity index (χ4v) is 2.93. The van der Waals surface area contributed by atoms with Crippen molar-refractivity contribution in [2.75, 3.05) is 6.54 Å². The highest BCUT2D eigenvalue weighted by Crippen LogP contribution is 2.19. The van der Waals surface area contributed by atoms with E-state index < -0.39 is 0 Å². The van der Waals surface area contributed by atoms with Gasteiger partial charge in [0.2, 0.25) is 5.91 Å². The molecule has 2 N–H and O–H groups in total. The second-order valence-electron chi connectivity index (χ2n) is 5.60. The molecule has 0 aromatic rings. The largest absolute Gasteiger partial charge is 0.352 e. The first-order valence-corrected chi connectivity index (χ1v) is 7.52. The second-order valence-corrected chi connectivity index (χ2v) is 5.60. The summed E-state index contributed by atoms with van der Waals surface area (Å²) < 4.78 is 0. The highest BCUT2D eigenvalue weighted by Gasteiger charge is 2.17. The summed E-state index contributed by atoms with van der Waals surface area (Å²) in [5.41, 5.74) is 2.82. The molecule has 4 nitrogen and oxygen atoms in total. The van der Waals surface area contributed by atoms with E-state index in [-0.39, 0.29) is 12.5 Å². The topological polar surface area (TPSA) is 50.4 Å². The lowest BCUT2D eigenvalue weighted by Crippen LogP contribution is -2.40. The van der Waals surface area contributed by atoms with Crippen molar-refractivity contribution in [3.63, 3.8) is 0 Å². The van der Waals surface area contributed by atoms with E-state index in [1.165, 1.54) is 38.5 Å². The smallest absolute Gasteiger partial charge is 0.236 e. The number of hydroxylamine groups is 1. The quantitative estimate of drug-likeness (QED) is 0.584. The highest BCUT2D eigenvalue weighted by atomic mass is 16.7. The summed E-state index contributed by atoms with van der Waals surface area (Å²) in [4.78, 5) is 17.2. The van der Waals surface area contributed by atoms with Crippen molar-refractivity contribution < 1.29 is 9.63 Å². The van der Waals surface area contributed by atoms with Gasteiger partial charge in [0.25, 0.3) is 0 Å². The van der Waals surface area contributed by atoms with Crippen LogP contribution in [0.4, 0.5) is 0 Å². The van der Waals surface area contributed by atoms with E-state index in [0.717, 1.165) is 25.7 Å². The highest BCUT2D eigenvalue weighted by molar-refractivity contribution is 5.78. The summed E-state index contributed by atoms with van der Waals surface area (Å²) in [6, 6.07) is 0.383. The van der Waals surface area contributed by atoms with Gasteiger partial charge in [0, 0.05) is 6.04 Å². The Morgan fingerprint density at radius 1 is 0.944 bits per heavy atom. The Kier molecular flexibility index (Phi) is 5.94. The number of amides is 1. The minimum atomic E-state index is 0.0693. The molecule has 0 saturated heterocycles. The Bertz CT molecular complexity index is 244. The van der Waals surface area contributed by atoms with Crippen LogP contribution >= 0.6 is 0 Å². The normalized spacial score (nSPS) is 22.9. The number of nitrogens with one attached hydrogen (secondary N) is 2. The molecule has 0 atom stereocenters. The molecule has 0 unspecified atom stereocenters. The van der Waals surface area contributed by atoms with Crippen LogP contribution in [0.5, 0.6) is 0 Å². The van der Waals surface area contributed by atoms with Crippen LogP contribution in [0.3, 0.4) is 0 Å². The number of rotatable bonds is 5. The summed E-state index contributed by atoms with van der Waals surface area (Å²) in [6.07, 6.45) is 12.5. The van der Waals surface area contributed by atoms with Crippen molar-refractivity contribution >= 4 is 5.91 Å². The SMILES string of the molecule is O=C(CNOC1CCCC1)NC1CCCCCC1. The zero-order valence-corrected chi connectivity index (χ0v) is 11.2.